The number of aldehydes is 1. The third-order valence-corrected chi connectivity index (χ3v) is 6.79. The lowest BCUT2D eigenvalue weighted by atomic mass is 9.73. The molecule has 0 bridgehead atoms. The second-order valence-electron chi connectivity index (χ2n) is 7.56. The minimum atomic E-state index is -1.61. The van der Waals surface area contributed by atoms with Crippen LogP contribution in [0.25, 0.3) is 0 Å². The smallest absolute Gasteiger partial charge is 0.250 e. The summed E-state index contributed by atoms with van der Waals surface area (Å²) in [4.78, 5) is 38.4. The summed E-state index contributed by atoms with van der Waals surface area (Å²) >= 11 is 12.1. The second-order valence-corrected chi connectivity index (χ2v) is 8.41. The molecule has 0 saturated carbocycles. The Kier molecular flexibility index (Phi) is 6.60. The summed E-state index contributed by atoms with van der Waals surface area (Å²) in [5.41, 5.74) is -0.796. The van der Waals surface area contributed by atoms with Crippen molar-refractivity contribution in [2.45, 2.75) is 44.3 Å². The van der Waals surface area contributed by atoms with Gasteiger partial charge in [0.15, 0.2) is 0 Å². The van der Waals surface area contributed by atoms with Crippen LogP contribution in [0.4, 0.5) is 10.1 Å². The summed E-state index contributed by atoms with van der Waals surface area (Å²) in [7, 11) is 0. The molecule has 1 amide bonds. The predicted molar refractivity (Wildman–Crippen MR) is 120 cm³/mol. The minimum Gasteiger partial charge on any atom is -0.324 e. The fourth-order valence-corrected chi connectivity index (χ4v) is 5.61. The first kappa shape index (κ1) is 24.1. The SMILES string of the molecule is C.CCN1[C@@H](CC=O)[C@@H]([N+](=O)[O-])[C@H](c2cccc(Cl)c2F)[C@]12C(=O)Nc1cc(Cl)ccc12. The number of fused-ring (bicyclic) bond motifs is 2. The lowest BCUT2D eigenvalue weighted by Gasteiger charge is -2.37. The van der Waals surface area contributed by atoms with Crippen molar-refractivity contribution in [3.8, 4) is 0 Å². The topological polar surface area (TPSA) is 92.6 Å². The first-order valence-electron chi connectivity index (χ1n) is 9.68. The molecule has 2 aliphatic rings. The number of likely N-dealkylation sites (N-methyl/N-ethyl adjacent to an activating group) is 1. The summed E-state index contributed by atoms with van der Waals surface area (Å²) in [6, 6.07) is 6.64. The molecule has 4 rings (SSSR count). The van der Waals surface area contributed by atoms with Crippen molar-refractivity contribution in [2.24, 2.45) is 0 Å². The van der Waals surface area contributed by atoms with Gasteiger partial charge in [-0.2, -0.15) is 0 Å². The van der Waals surface area contributed by atoms with Crippen LogP contribution in [-0.2, 0) is 15.1 Å². The zero-order valence-electron chi connectivity index (χ0n) is 16.3. The lowest BCUT2D eigenvalue weighted by Crippen LogP contribution is -2.52. The van der Waals surface area contributed by atoms with Gasteiger partial charge in [0.2, 0.25) is 6.04 Å². The molecule has 1 spiro atoms. The molecule has 10 heteroatoms. The Morgan fingerprint density at radius 3 is 2.66 bits per heavy atom. The maximum Gasteiger partial charge on any atom is 0.250 e. The molecule has 2 heterocycles. The normalized spacial score (nSPS) is 26.5. The predicted octanol–water partition coefficient (Wildman–Crippen LogP) is 4.64. The maximum atomic E-state index is 15.2. The third-order valence-electron chi connectivity index (χ3n) is 6.26. The quantitative estimate of drug-likeness (QED) is 0.381. The summed E-state index contributed by atoms with van der Waals surface area (Å²) in [5.74, 6) is -2.58. The molecule has 4 atom stereocenters. The molecule has 7 nitrogen and oxygen atoms in total. The highest BCUT2D eigenvalue weighted by Crippen LogP contribution is 2.58. The van der Waals surface area contributed by atoms with Gasteiger partial charge in [0.05, 0.1) is 17.0 Å². The molecule has 0 aromatic heterocycles. The van der Waals surface area contributed by atoms with Crippen molar-refractivity contribution < 1.29 is 18.9 Å². The van der Waals surface area contributed by atoms with Gasteiger partial charge in [-0.05, 0) is 24.7 Å². The van der Waals surface area contributed by atoms with Crippen molar-refractivity contribution >= 4 is 41.1 Å². The number of halogens is 3. The zero-order valence-corrected chi connectivity index (χ0v) is 17.9. The van der Waals surface area contributed by atoms with Crippen LogP contribution in [0.15, 0.2) is 36.4 Å². The molecule has 2 aromatic rings. The van der Waals surface area contributed by atoms with Crippen LogP contribution in [0.5, 0.6) is 0 Å². The van der Waals surface area contributed by atoms with Crippen LogP contribution in [0.2, 0.25) is 10.0 Å². The average Bonchev–Trinajstić information content (AvgIpc) is 3.16. The number of hydrogen-bond acceptors (Lipinski definition) is 5. The molecule has 32 heavy (non-hydrogen) atoms. The third kappa shape index (κ3) is 3.20. The van der Waals surface area contributed by atoms with Gasteiger partial charge in [-0.3, -0.25) is 19.8 Å². The highest BCUT2D eigenvalue weighted by molar-refractivity contribution is 6.31. The molecular formula is C22H22Cl2FN3O4. The molecular weight excluding hydrogens is 460 g/mol. The Hall–Kier alpha value is -2.55. The van der Waals surface area contributed by atoms with E-state index in [0.717, 1.165) is 0 Å². The van der Waals surface area contributed by atoms with Gasteiger partial charge in [-0.1, -0.05) is 55.8 Å². The van der Waals surface area contributed by atoms with Gasteiger partial charge in [0, 0.05) is 33.2 Å². The van der Waals surface area contributed by atoms with Gasteiger partial charge in [0.1, 0.15) is 17.6 Å². The summed E-state index contributed by atoms with van der Waals surface area (Å²) < 4.78 is 15.2. The first-order valence-corrected chi connectivity index (χ1v) is 10.4. The molecule has 0 unspecified atom stereocenters. The standard InChI is InChI=1S/C21H18Cl2FN3O4.CH4/c1-2-26-16(8-9-28)19(27(30)31)17(12-4-3-5-14(23)18(12)24)21(26)13-7-6-11(22)10-15(13)25-20(21)29;/h3-7,9-10,16-17,19H,2,8H2,1H3,(H,25,29);1H4/t16-,17-,19+,21+;/m0./s1. The highest BCUT2D eigenvalue weighted by atomic mass is 35.5. The molecule has 1 saturated heterocycles. The fraction of sp³-hybridized carbons (Fsp3) is 0.364. The number of benzene rings is 2. The number of amides is 1. The number of carbonyl (C=O) groups is 2. The van der Waals surface area contributed by atoms with Gasteiger partial charge < -0.3 is 10.1 Å². The monoisotopic (exact) mass is 481 g/mol. The summed E-state index contributed by atoms with van der Waals surface area (Å²) in [6.07, 6.45) is 0.403. The zero-order chi connectivity index (χ0) is 22.5. The van der Waals surface area contributed by atoms with E-state index < -0.39 is 40.2 Å². The molecule has 2 aliphatic heterocycles. The van der Waals surface area contributed by atoms with E-state index in [0.29, 0.717) is 22.6 Å². The van der Waals surface area contributed by atoms with Gasteiger partial charge in [-0.25, -0.2) is 4.39 Å². The Balaban J connectivity index is 0.00000289. The van der Waals surface area contributed by atoms with Crippen LogP contribution in [0.3, 0.4) is 0 Å². The molecule has 1 N–H and O–H groups in total. The van der Waals surface area contributed by atoms with Crippen LogP contribution in [0, 0.1) is 15.9 Å². The lowest BCUT2D eigenvalue weighted by molar-refractivity contribution is -0.528. The van der Waals surface area contributed by atoms with E-state index in [2.05, 4.69) is 5.32 Å². The minimum absolute atomic E-state index is 0. The van der Waals surface area contributed by atoms with E-state index in [9.17, 15) is 19.7 Å². The van der Waals surface area contributed by atoms with Crippen LogP contribution in [0.1, 0.15) is 37.8 Å². The molecule has 0 radical (unpaired) electrons. The number of likely N-dealkylation sites (tertiary alicyclic amines) is 1. The Morgan fingerprint density at radius 1 is 1.31 bits per heavy atom. The maximum absolute atomic E-state index is 15.2. The van der Waals surface area contributed by atoms with Crippen molar-refractivity contribution in [3.05, 3.63) is 73.5 Å². The van der Waals surface area contributed by atoms with E-state index in [1.807, 2.05) is 0 Å². The van der Waals surface area contributed by atoms with Gasteiger partial charge >= 0.3 is 0 Å². The van der Waals surface area contributed by atoms with Crippen molar-refractivity contribution in [2.75, 3.05) is 11.9 Å². The number of rotatable bonds is 5. The van der Waals surface area contributed by atoms with E-state index in [4.69, 9.17) is 23.2 Å². The Labute approximate surface area is 194 Å². The van der Waals surface area contributed by atoms with Gasteiger partial charge in [-0.15, -0.1) is 0 Å². The van der Waals surface area contributed by atoms with Crippen LogP contribution >= 0.6 is 23.2 Å². The van der Waals surface area contributed by atoms with Crippen molar-refractivity contribution in [1.82, 2.24) is 4.90 Å². The van der Waals surface area contributed by atoms with Crippen LogP contribution in [-0.4, -0.2) is 40.6 Å². The number of nitro groups is 1. The Bertz CT molecular complexity index is 1100. The van der Waals surface area contributed by atoms with E-state index in [1.165, 1.54) is 18.2 Å². The second kappa shape index (κ2) is 8.77. The number of nitrogens with one attached hydrogen (secondary N) is 1. The molecule has 170 valence electrons. The number of anilines is 1. The summed E-state index contributed by atoms with van der Waals surface area (Å²) in [5, 5.41) is 15.2. The summed E-state index contributed by atoms with van der Waals surface area (Å²) in [6.45, 7) is 1.96. The molecule has 1 fully saturated rings. The number of hydrogen-bond donors (Lipinski definition) is 1. The Morgan fingerprint density at radius 2 is 2.03 bits per heavy atom. The van der Waals surface area contributed by atoms with Crippen molar-refractivity contribution in [1.29, 1.82) is 0 Å². The number of carbonyl (C=O) groups excluding carboxylic acids is 2. The fourth-order valence-electron chi connectivity index (χ4n) is 5.26. The van der Waals surface area contributed by atoms with Crippen molar-refractivity contribution in [3.63, 3.8) is 0 Å². The largest absolute Gasteiger partial charge is 0.324 e. The van der Waals surface area contributed by atoms with Gasteiger partial charge in [0.25, 0.3) is 5.91 Å². The molecule has 2 aromatic carbocycles. The highest BCUT2D eigenvalue weighted by Gasteiger charge is 2.70. The van der Waals surface area contributed by atoms with E-state index in [1.54, 1.807) is 30.0 Å². The average molecular weight is 482 g/mol. The van der Waals surface area contributed by atoms with E-state index >= 15 is 4.39 Å². The molecule has 0 aliphatic carbocycles. The van der Waals surface area contributed by atoms with Crippen LogP contribution < -0.4 is 5.32 Å². The number of nitrogens with zero attached hydrogens (tertiary/aromatic N) is 2. The van der Waals surface area contributed by atoms with E-state index in [-0.39, 0.29) is 31.0 Å². The first-order chi connectivity index (χ1) is 14.8.